The van der Waals surface area contributed by atoms with Crippen LogP contribution in [-0.4, -0.2) is 23.4 Å². The number of nitrogens with one attached hydrogen (secondary N) is 2. The van der Waals surface area contributed by atoms with E-state index in [1.54, 1.807) is 60.9 Å². The molecule has 0 amide bonds. The van der Waals surface area contributed by atoms with E-state index in [0.717, 1.165) is 22.5 Å². The number of benzene rings is 2. The molecule has 0 bridgehead atoms. The average Bonchev–Trinajstić information content (AvgIpc) is 2.77. The Morgan fingerprint density at radius 2 is 1.70 bits per heavy atom. The lowest BCUT2D eigenvalue weighted by molar-refractivity contribution is 0.601. The SMILES string of the molecule is Cc1ccc(NS(=O)(=O)c2ccccc2)cc1Nc1ncccc1-c1ccncn1. The van der Waals surface area contributed by atoms with Crippen LogP contribution in [-0.2, 0) is 10.0 Å². The normalized spacial score (nSPS) is 11.1. The van der Waals surface area contributed by atoms with Crippen LogP contribution >= 0.6 is 0 Å². The van der Waals surface area contributed by atoms with Crippen LogP contribution in [0.15, 0.2) is 90.3 Å². The predicted molar refractivity (Wildman–Crippen MR) is 117 cm³/mol. The van der Waals surface area contributed by atoms with Crippen LogP contribution in [0.25, 0.3) is 11.3 Å². The molecular weight excluding hydrogens is 398 g/mol. The average molecular weight is 417 g/mol. The lowest BCUT2D eigenvalue weighted by Gasteiger charge is -2.15. The lowest BCUT2D eigenvalue weighted by Crippen LogP contribution is -2.13. The van der Waals surface area contributed by atoms with Crippen LogP contribution in [0.5, 0.6) is 0 Å². The van der Waals surface area contributed by atoms with E-state index in [1.807, 2.05) is 25.1 Å². The van der Waals surface area contributed by atoms with E-state index < -0.39 is 10.0 Å². The number of aromatic nitrogens is 3. The van der Waals surface area contributed by atoms with Crippen molar-refractivity contribution < 1.29 is 8.42 Å². The molecule has 2 aromatic heterocycles. The molecule has 4 aromatic rings. The molecule has 30 heavy (non-hydrogen) atoms. The number of aryl methyl sites for hydroxylation is 1. The predicted octanol–water partition coefficient (Wildman–Crippen LogP) is 4.39. The van der Waals surface area contributed by atoms with Crippen LogP contribution in [0.1, 0.15) is 5.56 Å². The molecule has 0 aliphatic heterocycles. The number of anilines is 3. The number of rotatable bonds is 6. The van der Waals surface area contributed by atoms with Crippen LogP contribution in [0.4, 0.5) is 17.2 Å². The van der Waals surface area contributed by atoms with Crippen LogP contribution < -0.4 is 10.0 Å². The van der Waals surface area contributed by atoms with Gasteiger partial charge in [-0.2, -0.15) is 0 Å². The van der Waals surface area contributed by atoms with E-state index in [4.69, 9.17) is 0 Å². The highest BCUT2D eigenvalue weighted by molar-refractivity contribution is 7.92. The van der Waals surface area contributed by atoms with E-state index in [2.05, 4.69) is 25.0 Å². The number of pyridine rings is 1. The second-order valence-corrected chi connectivity index (χ2v) is 8.25. The van der Waals surface area contributed by atoms with Gasteiger partial charge in [0, 0.05) is 23.6 Å². The largest absolute Gasteiger partial charge is 0.339 e. The summed E-state index contributed by atoms with van der Waals surface area (Å²) in [5, 5.41) is 3.30. The second kappa shape index (κ2) is 8.30. The van der Waals surface area contributed by atoms with Gasteiger partial charge >= 0.3 is 0 Å². The van der Waals surface area contributed by atoms with Gasteiger partial charge in [0.2, 0.25) is 0 Å². The Balaban J connectivity index is 1.65. The zero-order valence-corrected chi connectivity index (χ0v) is 17.0. The van der Waals surface area contributed by atoms with E-state index in [0.29, 0.717) is 11.5 Å². The third-order valence-electron chi connectivity index (χ3n) is 4.46. The monoisotopic (exact) mass is 417 g/mol. The summed E-state index contributed by atoms with van der Waals surface area (Å²) in [6.07, 6.45) is 4.84. The van der Waals surface area contributed by atoms with Crippen molar-refractivity contribution in [3.05, 3.63) is 91.0 Å². The Labute approximate surface area is 174 Å². The maximum Gasteiger partial charge on any atom is 0.261 e. The van der Waals surface area contributed by atoms with Gasteiger partial charge in [-0.15, -0.1) is 0 Å². The van der Waals surface area contributed by atoms with Gasteiger partial charge in [0.25, 0.3) is 10.0 Å². The Morgan fingerprint density at radius 3 is 2.47 bits per heavy atom. The summed E-state index contributed by atoms with van der Waals surface area (Å²) in [6, 6.07) is 19.1. The van der Waals surface area contributed by atoms with Gasteiger partial charge in [0.15, 0.2) is 0 Å². The summed E-state index contributed by atoms with van der Waals surface area (Å²) in [7, 11) is -3.68. The number of nitrogens with zero attached hydrogens (tertiary/aromatic N) is 3. The molecule has 0 saturated heterocycles. The van der Waals surface area contributed by atoms with Crippen molar-refractivity contribution >= 4 is 27.2 Å². The molecule has 0 unspecified atom stereocenters. The Morgan fingerprint density at radius 1 is 0.867 bits per heavy atom. The Hall–Kier alpha value is -3.78. The first-order valence-electron chi connectivity index (χ1n) is 9.20. The molecule has 2 aromatic carbocycles. The van der Waals surface area contributed by atoms with Crippen molar-refractivity contribution in [2.75, 3.05) is 10.0 Å². The Kier molecular flexibility index (Phi) is 5.40. The summed E-state index contributed by atoms with van der Waals surface area (Å²) in [6.45, 7) is 1.94. The van der Waals surface area contributed by atoms with Gasteiger partial charge in [0.1, 0.15) is 12.1 Å². The highest BCUT2D eigenvalue weighted by Crippen LogP contribution is 2.30. The van der Waals surface area contributed by atoms with Crippen molar-refractivity contribution in [1.82, 2.24) is 15.0 Å². The maximum absolute atomic E-state index is 12.6. The molecule has 0 aliphatic carbocycles. The number of hydrogen-bond acceptors (Lipinski definition) is 6. The number of hydrogen-bond donors (Lipinski definition) is 2. The van der Waals surface area contributed by atoms with Crippen molar-refractivity contribution in [1.29, 1.82) is 0 Å². The standard InChI is InChI=1S/C22H19N5O2S/c1-16-9-10-17(27-30(28,29)18-6-3-2-4-7-18)14-21(16)26-22-19(8-5-12-24-22)20-11-13-23-15-25-20/h2-15,27H,1H3,(H,24,26). The molecule has 0 saturated carbocycles. The van der Waals surface area contributed by atoms with Crippen molar-refractivity contribution in [3.8, 4) is 11.3 Å². The van der Waals surface area contributed by atoms with E-state index >= 15 is 0 Å². The number of sulfonamides is 1. The molecule has 0 fully saturated rings. The minimum atomic E-state index is -3.68. The first-order valence-corrected chi connectivity index (χ1v) is 10.7. The summed E-state index contributed by atoms with van der Waals surface area (Å²) < 4.78 is 27.9. The van der Waals surface area contributed by atoms with Crippen LogP contribution in [0.2, 0.25) is 0 Å². The molecule has 7 nitrogen and oxygen atoms in total. The van der Waals surface area contributed by atoms with E-state index in [1.165, 1.54) is 6.33 Å². The fraction of sp³-hybridized carbons (Fsp3) is 0.0455. The van der Waals surface area contributed by atoms with Crippen LogP contribution in [0.3, 0.4) is 0 Å². The zero-order chi connectivity index (χ0) is 21.0. The highest BCUT2D eigenvalue weighted by atomic mass is 32.2. The first kappa shape index (κ1) is 19.5. The quantitative estimate of drug-likeness (QED) is 0.483. The van der Waals surface area contributed by atoms with Gasteiger partial charge in [-0.05, 0) is 55.0 Å². The van der Waals surface area contributed by atoms with Gasteiger partial charge in [0.05, 0.1) is 16.3 Å². The Bertz CT molecular complexity index is 1260. The van der Waals surface area contributed by atoms with Gasteiger partial charge in [-0.25, -0.2) is 23.4 Å². The molecule has 0 atom stereocenters. The molecular formula is C22H19N5O2S. The minimum Gasteiger partial charge on any atom is -0.339 e. The molecule has 2 N–H and O–H groups in total. The molecule has 0 radical (unpaired) electrons. The summed E-state index contributed by atoms with van der Waals surface area (Å²) >= 11 is 0. The highest BCUT2D eigenvalue weighted by Gasteiger charge is 2.15. The third-order valence-corrected chi connectivity index (χ3v) is 5.86. The first-order chi connectivity index (χ1) is 14.5. The fourth-order valence-corrected chi connectivity index (χ4v) is 3.99. The molecule has 4 rings (SSSR count). The molecule has 150 valence electrons. The zero-order valence-electron chi connectivity index (χ0n) is 16.1. The molecule has 0 aliphatic rings. The van der Waals surface area contributed by atoms with Crippen molar-refractivity contribution in [3.63, 3.8) is 0 Å². The topological polar surface area (TPSA) is 96.9 Å². The summed E-state index contributed by atoms with van der Waals surface area (Å²) in [5.74, 6) is 0.613. The van der Waals surface area contributed by atoms with Crippen molar-refractivity contribution in [2.45, 2.75) is 11.8 Å². The van der Waals surface area contributed by atoms with Crippen LogP contribution in [0, 0.1) is 6.92 Å². The molecule has 8 heteroatoms. The smallest absolute Gasteiger partial charge is 0.261 e. The molecule has 0 spiro atoms. The summed E-state index contributed by atoms with van der Waals surface area (Å²) in [5.41, 5.74) is 3.68. The second-order valence-electron chi connectivity index (χ2n) is 6.57. The lowest BCUT2D eigenvalue weighted by atomic mass is 10.1. The third kappa shape index (κ3) is 4.28. The van der Waals surface area contributed by atoms with Gasteiger partial charge < -0.3 is 5.32 Å². The molecule has 2 heterocycles. The minimum absolute atomic E-state index is 0.204. The van der Waals surface area contributed by atoms with Gasteiger partial charge in [-0.1, -0.05) is 24.3 Å². The summed E-state index contributed by atoms with van der Waals surface area (Å²) in [4.78, 5) is 12.9. The van der Waals surface area contributed by atoms with E-state index in [-0.39, 0.29) is 4.90 Å². The maximum atomic E-state index is 12.6. The van der Waals surface area contributed by atoms with Crippen molar-refractivity contribution in [2.24, 2.45) is 0 Å². The van der Waals surface area contributed by atoms with E-state index in [9.17, 15) is 8.42 Å². The fourth-order valence-electron chi connectivity index (χ4n) is 2.92. The van der Waals surface area contributed by atoms with Gasteiger partial charge in [-0.3, -0.25) is 4.72 Å².